The minimum atomic E-state index is -1.03. The number of alkyl carbamates (subject to hydrolysis) is 1. The van der Waals surface area contributed by atoms with E-state index in [4.69, 9.17) is 9.84 Å². The number of carboxylic acid groups (broad SMARTS) is 1. The normalized spacial score (nSPS) is 15.8. The van der Waals surface area contributed by atoms with Crippen LogP contribution < -0.4 is 16.0 Å². The summed E-state index contributed by atoms with van der Waals surface area (Å²) >= 11 is 0. The second-order valence-electron chi connectivity index (χ2n) is 5.88. The Morgan fingerprint density at radius 3 is 2.37 bits per heavy atom. The zero-order valence-corrected chi connectivity index (χ0v) is 14.3. The predicted molar refractivity (Wildman–Crippen MR) is 90.0 cm³/mol. The lowest BCUT2D eigenvalue weighted by atomic mass is 10.1. The van der Waals surface area contributed by atoms with E-state index in [1.807, 2.05) is 0 Å². The summed E-state index contributed by atoms with van der Waals surface area (Å²) in [7, 11) is 0. The molecule has 1 aliphatic rings. The standard InChI is InChI=1S/C17H19N3O7/c21-13(5-6-15(23)24)18-8-10-1-3-11(4-2-10)9-27-17(26)19-12-7-14(22)20-16(12)25/h1-4,12H,5-9H2,(H,18,21)(H,19,26)(H,23,24)(H,20,22,25)/t12-/m0/s1. The van der Waals surface area contributed by atoms with Gasteiger partial charge in [0.1, 0.15) is 12.6 Å². The number of carbonyl (C=O) groups is 5. The van der Waals surface area contributed by atoms with Crippen LogP contribution in [0.3, 0.4) is 0 Å². The zero-order chi connectivity index (χ0) is 19.8. The molecule has 144 valence electrons. The molecule has 1 saturated heterocycles. The number of amides is 4. The Kier molecular flexibility index (Phi) is 6.86. The number of carbonyl (C=O) groups excluding carboxylic acids is 4. The molecular formula is C17H19N3O7. The number of rotatable bonds is 8. The van der Waals surface area contributed by atoms with Crippen LogP contribution in [0.1, 0.15) is 30.4 Å². The van der Waals surface area contributed by atoms with Gasteiger partial charge in [0.2, 0.25) is 17.7 Å². The van der Waals surface area contributed by atoms with Crippen LogP contribution >= 0.6 is 0 Å². The Morgan fingerprint density at radius 1 is 1.11 bits per heavy atom. The number of aliphatic carboxylic acids is 1. The molecular weight excluding hydrogens is 358 g/mol. The van der Waals surface area contributed by atoms with E-state index in [1.165, 1.54) is 0 Å². The molecule has 1 aromatic carbocycles. The van der Waals surface area contributed by atoms with E-state index in [0.29, 0.717) is 5.56 Å². The van der Waals surface area contributed by atoms with Gasteiger partial charge in [-0.05, 0) is 11.1 Å². The molecule has 10 heteroatoms. The van der Waals surface area contributed by atoms with Crippen molar-refractivity contribution >= 4 is 29.8 Å². The third-order valence-electron chi connectivity index (χ3n) is 3.71. The molecule has 1 heterocycles. The number of nitrogens with one attached hydrogen (secondary N) is 3. The third kappa shape index (κ3) is 6.77. The first kappa shape index (κ1) is 19.9. The van der Waals surface area contributed by atoms with Crippen molar-refractivity contribution < 1.29 is 33.8 Å². The van der Waals surface area contributed by atoms with Crippen molar-refractivity contribution in [3.8, 4) is 0 Å². The lowest BCUT2D eigenvalue weighted by molar-refractivity contribution is -0.138. The summed E-state index contributed by atoms with van der Waals surface area (Å²) in [6.07, 6.45) is -1.22. The average Bonchev–Trinajstić information content (AvgIpc) is 2.94. The summed E-state index contributed by atoms with van der Waals surface area (Å²) in [6, 6.07) is 5.96. The Hall–Kier alpha value is -3.43. The Bertz CT molecular complexity index is 745. The van der Waals surface area contributed by atoms with Gasteiger partial charge in [-0.25, -0.2) is 4.79 Å². The molecule has 1 aromatic rings. The Balaban J connectivity index is 1.71. The topological polar surface area (TPSA) is 151 Å². The van der Waals surface area contributed by atoms with E-state index in [0.717, 1.165) is 5.56 Å². The quantitative estimate of drug-likeness (QED) is 0.458. The van der Waals surface area contributed by atoms with Gasteiger partial charge in [-0.1, -0.05) is 24.3 Å². The van der Waals surface area contributed by atoms with Gasteiger partial charge in [0.25, 0.3) is 0 Å². The van der Waals surface area contributed by atoms with Crippen molar-refractivity contribution in [3.05, 3.63) is 35.4 Å². The first-order valence-electron chi connectivity index (χ1n) is 8.17. The fraction of sp³-hybridized carbons (Fsp3) is 0.353. The van der Waals surface area contributed by atoms with E-state index >= 15 is 0 Å². The molecule has 0 saturated carbocycles. The van der Waals surface area contributed by atoms with Gasteiger partial charge >= 0.3 is 12.1 Å². The first-order chi connectivity index (χ1) is 12.8. The molecule has 27 heavy (non-hydrogen) atoms. The highest BCUT2D eigenvalue weighted by Crippen LogP contribution is 2.07. The van der Waals surface area contributed by atoms with Crippen LogP contribution in [0, 0.1) is 0 Å². The van der Waals surface area contributed by atoms with Crippen molar-refractivity contribution in [2.45, 2.75) is 38.5 Å². The molecule has 1 aliphatic heterocycles. The lowest BCUT2D eigenvalue weighted by Crippen LogP contribution is -2.40. The lowest BCUT2D eigenvalue weighted by Gasteiger charge is -2.10. The second kappa shape index (κ2) is 9.32. The van der Waals surface area contributed by atoms with Crippen LogP contribution in [0.4, 0.5) is 4.79 Å². The second-order valence-corrected chi connectivity index (χ2v) is 5.88. The number of hydrogen-bond donors (Lipinski definition) is 4. The summed E-state index contributed by atoms with van der Waals surface area (Å²) in [5, 5.41) is 15.5. The van der Waals surface area contributed by atoms with E-state index in [2.05, 4.69) is 16.0 Å². The highest BCUT2D eigenvalue weighted by Gasteiger charge is 2.32. The van der Waals surface area contributed by atoms with Crippen molar-refractivity contribution in [1.29, 1.82) is 0 Å². The maximum atomic E-state index is 11.7. The van der Waals surface area contributed by atoms with Crippen molar-refractivity contribution in [2.24, 2.45) is 0 Å². The van der Waals surface area contributed by atoms with Crippen LogP contribution in [-0.2, 0) is 37.1 Å². The molecule has 0 bridgehead atoms. The predicted octanol–water partition coefficient (Wildman–Crippen LogP) is -0.191. The molecule has 0 aromatic heterocycles. The fourth-order valence-corrected chi connectivity index (χ4v) is 2.27. The minimum Gasteiger partial charge on any atom is -0.481 e. The summed E-state index contributed by atoms with van der Waals surface area (Å²) in [4.78, 5) is 55.9. The SMILES string of the molecule is O=C(O)CCC(=O)NCc1ccc(COC(=O)N[C@H]2CC(=O)NC2=O)cc1. The van der Waals surface area contributed by atoms with E-state index in [1.54, 1.807) is 24.3 Å². The largest absolute Gasteiger partial charge is 0.481 e. The minimum absolute atomic E-state index is 0.0284. The van der Waals surface area contributed by atoms with Gasteiger partial charge in [-0.3, -0.25) is 24.5 Å². The fourth-order valence-electron chi connectivity index (χ4n) is 2.27. The molecule has 0 radical (unpaired) electrons. The van der Waals surface area contributed by atoms with Crippen LogP contribution in [0.15, 0.2) is 24.3 Å². The van der Waals surface area contributed by atoms with Crippen LogP contribution in [0.2, 0.25) is 0 Å². The van der Waals surface area contributed by atoms with Crippen LogP contribution in [0.5, 0.6) is 0 Å². The van der Waals surface area contributed by atoms with Gasteiger partial charge in [0.05, 0.1) is 12.8 Å². The first-order valence-corrected chi connectivity index (χ1v) is 8.17. The average molecular weight is 377 g/mol. The number of imide groups is 1. The maximum absolute atomic E-state index is 11.7. The van der Waals surface area contributed by atoms with Crippen molar-refractivity contribution in [1.82, 2.24) is 16.0 Å². The molecule has 1 fully saturated rings. The molecule has 10 nitrogen and oxygen atoms in total. The number of hydrogen-bond acceptors (Lipinski definition) is 6. The van der Waals surface area contributed by atoms with Gasteiger partial charge in [0.15, 0.2) is 0 Å². The maximum Gasteiger partial charge on any atom is 0.408 e. The van der Waals surface area contributed by atoms with Crippen molar-refractivity contribution in [2.75, 3.05) is 0 Å². The van der Waals surface area contributed by atoms with Gasteiger partial charge in [0, 0.05) is 13.0 Å². The zero-order valence-electron chi connectivity index (χ0n) is 14.3. The molecule has 0 unspecified atom stereocenters. The van der Waals surface area contributed by atoms with Crippen LogP contribution in [0.25, 0.3) is 0 Å². The summed E-state index contributed by atoms with van der Waals surface area (Å²) in [5.41, 5.74) is 1.49. The van der Waals surface area contributed by atoms with Gasteiger partial charge in [-0.15, -0.1) is 0 Å². The Morgan fingerprint density at radius 2 is 1.78 bits per heavy atom. The molecule has 4 N–H and O–H groups in total. The number of carboxylic acids is 1. The highest BCUT2D eigenvalue weighted by atomic mass is 16.5. The summed E-state index contributed by atoms with van der Waals surface area (Å²) in [5.74, 6) is -2.39. The van der Waals surface area contributed by atoms with Crippen LogP contribution in [-0.4, -0.2) is 40.9 Å². The summed E-state index contributed by atoms with van der Waals surface area (Å²) < 4.78 is 5.00. The molecule has 0 aliphatic carbocycles. The monoisotopic (exact) mass is 377 g/mol. The van der Waals surface area contributed by atoms with Gasteiger partial charge in [-0.2, -0.15) is 0 Å². The summed E-state index contributed by atoms with van der Waals surface area (Å²) in [6.45, 7) is 0.226. The van der Waals surface area contributed by atoms with Crippen molar-refractivity contribution in [3.63, 3.8) is 0 Å². The van der Waals surface area contributed by atoms with Gasteiger partial charge < -0.3 is 20.5 Å². The number of ether oxygens (including phenoxy) is 1. The molecule has 4 amide bonds. The molecule has 2 rings (SSSR count). The molecule has 0 spiro atoms. The van der Waals surface area contributed by atoms with E-state index < -0.39 is 29.9 Å². The Labute approximate surface area is 154 Å². The van der Waals surface area contributed by atoms with E-state index in [9.17, 15) is 24.0 Å². The smallest absolute Gasteiger partial charge is 0.408 e. The molecule has 1 atom stereocenters. The third-order valence-corrected chi connectivity index (χ3v) is 3.71. The number of benzene rings is 1. The highest BCUT2D eigenvalue weighted by molar-refractivity contribution is 6.06. The van der Waals surface area contributed by atoms with E-state index in [-0.39, 0.29) is 38.3 Å².